The number of nitrogens with zero attached hydrogens (tertiary/aromatic N) is 2. The zero-order chi connectivity index (χ0) is 21.2. The molecule has 0 heterocycles. The van der Waals surface area contributed by atoms with Crippen LogP contribution in [0.3, 0.4) is 0 Å². The van der Waals surface area contributed by atoms with E-state index in [-0.39, 0.29) is 5.69 Å². The van der Waals surface area contributed by atoms with E-state index in [1.165, 1.54) is 25.0 Å². The average molecular weight is 459 g/mol. The molecule has 0 fully saturated rings. The second-order valence-electron chi connectivity index (χ2n) is 6.42. The molecule has 0 radical (unpaired) electrons. The molecule has 2 aromatic carbocycles. The van der Waals surface area contributed by atoms with E-state index in [4.69, 9.17) is 9.47 Å². The highest BCUT2D eigenvalue weighted by atomic mass is 79.9. The van der Waals surface area contributed by atoms with E-state index in [0.717, 1.165) is 22.9 Å². The lowest BCUT2D eigenvalue weighted by Gasteiger charge is -2.13. The first-order valence-corrected chi connectivity index (χ1v) is 10.2. The van der Waals surface area contributed by atoms with Crippen LogP contribution in [0.5, 0.6) is 11.5 Å². The monoisotopic (exact) mass is 458 g/mol. The largest absolute Gasteiger partial charge is 0.493 e. The molecule has 0 spiro atoms. The van der Waals surface area contributed by atoms with Crippen LogP contribution in [0.2, 0.25) is 0 Å². The van der Waals surface area contributed by atoms with Gasteiger partial charge in [-0.15, -0.1) is 0 Å². The van der Waals surface area contributed by atoms with Crippen molar-refractivity contribution in [2.24, 2.45) is 0 Å². The number of methoxy groups -OCH3 is 1. The van der Waals surface area contributed by atoms with E-state index in [1.807, 2.05) is 6.07 Å². The fraction of sp³-hybridized carbons (Fsp3) is 0.318. The van der Waals surface area contributed by atoms with Crippen LogP contribution >= 0.6 is 15.9 Å². The van der Waals surface area contributed by atoms with Crippen LogP contribution in [0, 0.1) is 21.4 Å². The minimum Gasteiger partial charge on any atom is -0.493 e. The second kappa shape index (κ2) is 11.2. The van der Waals surface area contributed by atoms with Crippen molar-refractivity contribution in [1.29, 1.82) is 5.26 Å². The summed E-state index contributed by atoms with van der Waals surface area (Å²) in [5.74, 6) is 1.21. The third kappa shape index (κ3) is 6.33. The number of nitro groups is 1. The van der Waals surface area contributed by atoms with Crippen LogP contribution in [0.1, 0.15) is 43.7 Å². The Balaban J connectivity index is 2.25. The van der Waals surface area contributed by atoms with Crippen molar-refractivity contribution in [3.05, 3.63) is 62.1 Å². The molecule has 0 N–H and O–H groups in total. The van der Waals surface area contributed by atoms with Crippen molar-refractivity contribution in [3.63, 3.8) is 0 Å². The number of allylic oxidation sites excluding steroid dienone is 1. The van der Waals surface area contributed by atoms with Gasteiger partial charge in [-0.05, 0) is 63.8 Å². The number of unbranched alkanes of at least 4 members (excludes halogenated alkanes) is 3. The lowest BCUT2D eigenvalue weighted by Crippen LogP contribution is -2.00. The van der Waals surface area contributed by atoms with Gasteiger partial charge in [0.05, 0.1) is 34.8 Å². The van der Waals surface area contributed by atoms with Gasteiger partial charge < -0.3 is 9.47 Å². The first kappa shape index (κ1) is 22.4. The van der Waals surface area contributed by atoms with E-state index < -0.39 is 4.92 Å². The Hall–Kier alpha value is -2.85. The Kier molecular flexibility index (Phi) is 8.68. The number of ether oxygens (including phenoxy) is 2. The molecule has 0 amide bonds. The molecule has 0 atom stereocenters. The van der Waals surface area contributed by atoms with Gasteiger partial charge in [0.15, 0.2) is 11.5 Å². The van der Waals surface area contributed by atoms with Crippen molar-refractivity contribution < 1.29 is 14.4 Å². The maximum Gasteiger partial charge on any atom is 0.269 e. The lowest BCUT2D eigenvalue weighted by atomic mass is 10.0. The van der Waals surface area contributed by atoms with Gasteiger partial charge in [-0.1, -0.05) is 26.2 Å². The molecule has 2 rings (SSSR count). The number of nitriles is 1. The van der Waals surface area contributed by atoms with E-state index >= 15 is 0 Å². The molecule has 0 aliphatic heterocycles. The lowest BCUT2D eigenvalue weighted by molar-refractivity contribution is -0.384. The van der Waals surface area contributed by atoms with Crippen molar-refractivity contribution in [2.45, 2.75) is 32.6 Å². The van der Waals surface area contributed by atoms with Crippen molar-refractivity contribution in [3.8, 4) is 17.6 Å². The number of rotatable bonds is 10. The molecule has 0 unspecified atom stereocenters. The first-order valence-electron chi connectivity index (χ1n) is 9.37. The smallest absolute Gasteiger partial charge is 0.269 e. The summed E-state index contributed by atoms with van der Waals surface area (Å²) in [5, 5.41) is 20.3. The SMILES string of the molecule is CCCCCCOc1c(Br)cc(C=C(C#N)c2ccc([N+](=O)[O-])cc2)cc1OC. The summed E-state index contributed by atoms with van der Waals surface area (Å²) >= 11 is 3.52. The maximum absolute atomic E-state index is 10.8. The second-order valence-corrected chi connectivity index (χ2v) is 7.27. The standard InChI is InChI=1S/C22H23BrN2O4/c1-3-4-5-6-11-29-22-20(23)13-16(14-21(22)28-2)12-18(15-24)17-7-9-19(10-8-17)25(26)27/h7-10,12-14H,3-6,11H2,1-2H3. The summed E-state index contributed by atoms with van der Waals surface area (Å²) in [5.41, 5.74) is 1.73. The molecule has 0 aliphatic rings. The molecule has 0 aromatic heterocycles. The van der Waals surface area contributed by atoms with Crippen LogP contribution < -0.4 is 9.47 Å². The molecular weight excluding hydrogens is 436 g/mol. The molecule has 7 heteroatoms. The van der Waals surface area contributed by atoms with Gasteiger partial charge in [-0.2, -0.15) is 5.26 Å². The van der Waals surface area contributed by atoms with Gasteiger partial charge in [0.2, 0.25) is 0 Å². The predicted octanol–water partition coefficient (Wildman–Crippen LogP) is 6.39. The highest BCUT2D eigenvalue weighted by Gasteiger charge is 2.12. The fourth-order valence-electron chi connectivity index (χ4n) is 2.78. The quantitative estimate of drug-likeness (QED) is 0.135. The Bertz CT molecular complexity index is 918. The summed E-state index contributed by atoms with van der Waals surface area (Å²) in [6.07, 6.45) is 6.16. The molecule has 152 valence electrons. The number of benzene rings is 2. The topological polar surface area (TPSA) is 85.4 Å². The third-order valence-corrected chi connectivity index (χ3v) is 4.91. The molecule has 0 saturated heterocycles. The first-order chi connectivity index (χ1) is 14.0. The number of non-ortho nitro benzene ring substituents is 1. The normalized spacial score (nSPS) is 11.0. The van der Waals surface area contributed by atoms with E-state index in [2.05, 4.69) is 28.9 Å². The van der Waals surface area contributed by atoms with E-state index in [0.29, 0.717) is 29.2 Å². The summed E-state index contributed by atoms with van der Waals surface area (Å²) in [6.45, 7) is 2.77. The Morgan fingerprint density at radius 1 is 1.24 bits per heavy atom. The van der Waals surface area contributed by atoms with E-state index in [9.17, 15) is 15.4 Å². The van der Waals surface area contributed by atoms with Crippen molar-refractivity contribution >= 4 is 33.3 Å². The molecule has 6 nitrogen and oxygen atoms in total. The van der Waals surface area contributed by atoms with Crippen molar-refractivity contribution in [1.82, 2.24) is 0 Å². The molecular formula is C22H23BrN2O4. The number of hydrogen-bond donors (Lipinski definition) is 0. The molecule has 0 saturated carbocycles. The molecule has 2 aromatic rings. The van der Waals surface area contributed by atoms with Crippen LogP contribution in [-0.2, 0) is 0 Å². The number of halogens is 1. The zero-order valence-electron chi connectivity index (χ0n) is 16.5. The number of nitro benzene ring substituents is 1. The van der Waals surface area contributed by atoms with Gasteiger partial charge in [-0.25, -0.2) is 0 Å². The van der Waals surface area contributed by atoms with Crippen LogP contribution in [0.25, 0.3) is 11.6 Å². The minimum absolute atomic E-state index is 0.0177. The minimum atomic E-state index is -0.470. The maximum atomic E-state index is 10.8. The zero-order valence-corrected chi connectivity index (χ0v) is 18.1. The van der Waals surface area contributed by atoms with Gasteiger partial charge >= 0.3 is 0 Å². The van der Waals surface area contributed by atoms with Gasteiger partial charge in [0.25, 0.3) is 5.69 Å². The summed E-state index contributed by atoms with van der Waals surface area (Å²) < 4.78 is 12.1. The average Bonchev–Trinajstić information content (AvgIpc) is 2.72. The molecule has 29 heavy (non-hydrogen) atoms. The third-order valence-electron chi connectivity index (χ3n) is 4.32. The van der Waals surface area contributed by atoms with Crippen LogP contribution in [-0.4, -0.2) is 18.6 Å². The summed E-state index contributed by atoms with van der Waals surface area (Å²) in [6, 6.07) is 11.7. The molecule has 0 aliphatic carbocycles. The van der Waals surface area contributed by atoms with Gasteiger partial charge in [0.1, 0.15) is 0 Å². The van der Waals surface area contributed by atoms with Gasteiger partial charge in [0, 0.05) is 12.1 Å². The summed E-state index contributed by atoms with van der Waals surface area (Å²) in [4.78, 5) is 10.3. The highest BCUT2D eigenvalue weighted by Crippen LogP contribution is 2.38. The van der Waals surface area contributed by atoms with Gasteiger partial charge in [-0.3, -0.25) is 10.1 Å². The molecule has 0 bridgehead atoms. The Labute approximate surface area is 179 Å². The summed E-state index contributed by atoms with van der Waals surface area (Å²) in [7, 11) is 1.57. The van der Waals surface area contributed by atoms with E-state index in [1.54, 1.807) is 31.4 Å². The van der Waals surface area contributed by atoms with Crippen LogP contribution in [0.15, 0.2) is 40.9 Å². The Morgan fingerprint density at radius 3 is 2.55 bits per heavy atom. The van der Waals surface area contributed by atoms with Crippen molar-refractivity contribution in [2.75, 3.05) is 13.7 Å². The Morgan fingerprint density at radius 2 is 1.97 bits per heavy atom. The highest BCUT2D eigenvalue weighted by molar-refractivity contribution is 9.10. The fourth-order valence-corrected chi connectivity index (χ4v) is 3.35. The number of hydrogen-bond acceptors (Lipinski definition) is 5. The van der Waals surface area contributed by atoms with Crippen LogP contribution in [0.4, 0.5) is 5.69 Å². The predicted molar refractivity (Wildman–Crippen MR) is 117 cm³/mol.